The van der Waals surface area contributed by atoms with Crippen molar-refractivity contribution in [3.63, 3.8) is 0 Å². The van der Waals surface area contributed by atoms with Gasteiger partial charge < -0.3 is 9.84 Å². The summed E-state index contributed by atoms with van der Waals surface area (Å²) in [5, 5.41) is 10.5. The number of ether oxygens (including phenoxy) is 1. The number of hydrogen-bond donors (Lipinski definition) is 1. The number of benzene rings is 1. The van der Waals surface area contributed by atoms with Crippen LogP contribution in [0.2, 0.25) is 0 Å². The standard InChI is InChI=1S/C10H8BrNO2/c11-6-14-10-4-7-2-1-3-12-8(7)5-9(10)13/h1-5,13H,6H2. The van der Waals surface area contributed by atoms with Gasteiger partial charge in [0.1, 0.15) is 5.52 Å². The molecule has 3 nitrogen and oxygen atoms in total. The van der Waals surface area contributed by atoms with E-state index in [1.807, 2.05) is 12.1 Å². The molecule has 72 valence electrons. The number of phenolic OH excluding ortho intramolecular Hbond substituents is 1. The molecule has 1 aromatic heterocycles. The van der Waals surface area contributed by atoms with E-state index in [4.69, 9.17) is 4.74 Å². The third-order valence-corrected chi connectivity index (χ3v) is 2.12. The molecule has 0 fully saturated rings. The van der Waals surface area contributed by atoms with Crippen molar-refractivity contribution in [2.24, 2.45) is 0 Å². The van der Waals surface area contributed by atoms with Crippen molar-refractivity contribution >= 4 is 26.8 Å². The molecule has 0 aliphatic carbocycles. The minimum absolute atomic E-state index is 0.107. The maximum Gasteiger partial charge on any atom is 0.162 e. The molecular weight excluding hydrogens is 246 g/mol. The van der Waals surface area contributed by atoms with Gasteiger partial charge in [0.25, 0.3) is 0 Å². The van der Waals surface area contributed by atoms with Gasteiger partial charge in [-0.3, -0.25) is 4.98 Å². The second kappa shape index (κ2) is 3.84. The van der Waals surface area contributed by atoms with Crippen molar-refractivity contribution in [1.29, 1.82) is 0 Å². The summed E-state index contributed by atoms with van der Waals surface area (Å²) in [7, 11) is 0. The van der Waals surface area contributed by atoms with Gasteiger partial charge in [0, 0.05) is 17.6 Å². The van der Waals surface area contributed by atoms with Crippen LogP contribution in [-0.2, 0) is 0 Å². The van der Waals surface area contributed by atoms with E-state index >= 15 is 0 Å². The molecule has 1 aromatic carbocycles. The summed E-state index contributed by atoms with van der Waals surface area (Å²) in [4.78, 5) is 4.12. The van der Waals surface area contributed by atoms with Gasteiger partial charge in [-0.15, -0.1) is 0 Å². The number of fused-ring (bicyclic) bond motifs is 1. The highest BCUT2D eigenvalue weighted by atomic mass is 79.9. The summed E-state index contributed by atoms with van der Waals surface area (Å²) in [5.74, 6) is 0.568. The molecule has 14 heavy (non-hydrogen) atoms. The predicted octanol–water partition coefficient (Wildman–Crippen LogP) is 2.67. The zero-order chi connectivity index (χ0) is 9.97. The molecule has 0 aliphatic heterocycles. The Morgan fingerprint density at radius 1 is 1.43 bits per heavy atom. The molecule has 0 atom stereocenters. The molecule has 0 bridgehead atoms. The van der Waals surface area contributed by atoms with Gasteiger partial charge in [-0.1, -0.05) is 6.07 Å². The Bertz CT molecular complexity index is 459. The number of hydrogen-bond acceptors (Lipinski definition) is 3. The summed E-state index contributed by atoms with van der Waals surface area (Å²) in [6.45, 7) is 0. The van der Waals surface area contributed by atoms with Crippen LogP contribution in [0.1, 0.15) is 0 Å². The van der Waals surface area contributed by atoms with Crippen LogP contribution >= 0.6 is 15.9 Å². The van der Waals surface area contributed by atoms with E-state index in [2.05, 4.69) is 20.9 Å². The summed E-state index contributed by atoms with van der Waals surface area (Å²) >= 11 is 3.14. The van der Waals surface area contributed by atoms with Crippen LogP contribution in [0.3, 0.4) is 0 Å². The van der Waals surface area contributed by atoms with Gasteiger partial charge in [-0.2, -0.15) is 0 Å². The highest BCUT2D eigenvalue weighted by Crippen LogP contribution is 2.30. The van der Waals surface area contributed by atoms with Gasteiger partial charge in [0.05, 0.1) is 5.52 Å². The number of aromatic hydroxyl groups is 1. The maximum absolute atomic E-state index is 9.55. The third-order valence-electron chi connectivity index (χ3n) is 1.89. The Morgan fingerprint density at radius 3 is 3.07 bits per heavy atom. The van der Waals surface area contributed by atoms with Crippen molar-refractivity contribution in [2.45, 2.75) is 0 Å². The van der Waals surface area contributed by atoms with Crippen LogP contribution in [-0.4, -0.2) is 15.6 Å². The first-order chi connectivity index (χ1) is 6.81. The summed E-state index contributed by atoms with van der Waals surface area (Å²) in [6.07, 6.45) is 1.69. The van der Waals surface area contributed by atoms with E-state index in [1.165, 1.54) is 0 Å². The first-order valence-corrected chi connectivity index (χ1v) is 5.20. The first-order valence-electron chi connectivity index (χ1n) is 4.08. The van der Waals surface area contributed by atoms with Crippen molar-refractivity contribution in [1.82, 2.24) is 4.98 Å². The van der Waals surface area contributed by atoms with Gasteiger partial charge in [-0.05, 0) is 28.1 Å². The molecule has 0 saturated carbocycles. The molecular formula is C10H8BrNO2. The highest BCUT2D eigenvalue weighted by molar-refractivity contribution is 9.09. The molecule has 0 saturated heterocycles. The lowest BCUT2D eigenvalue weighted by Gasteiger charge is -2.05. The molecule has 4 heteroatoms. The highest BCUT2D eigenvalue weighted by Gasteiger charge is 2.04. The lowest BCUT2D eigenvalue weighted by molar-refractivity contribution is 0.363. The lowest BCUT2D eigenvalue weighted by atomic mass is 10.2. The van der Waals surface area contributed by atoms with E-state index in [9.17, 15) is 5.11 Å². The van der Waals surface area contributed by atoms with Crippen molar-refractivity contribution in [3.8, 4) is 11.5 Å². The SMILES string of the molecule is Oc1cc2ncccc2cc1OCBr. The Balaban J connectivity index is 2.59. The van der Waals surface area contributed by atoms with Crippen LogP contribution in [0.15, 0.2) is 30.5 Å². The van der Waals surface area contributed by atoms with E-state index in [1.54, 1.807) is 18.3 Å². The number of halogens is 1. The Morgan fingerprint density at radius 2 is 2.29 bits per heavy atom. The topological polar surface area (TPSA) is 42.4 Å². The van der Waals surface area contributed by atoms with Crippen molar-refractivity contribution in [3.05, 3.63) is 30.5 Å². The Labute approximate surface area is 89.5 Å². The minimum atomic E-state index is 0.107. The molecule has 2 rings (SSSR count). The van der Waals surface area contributed by atoms with Crippen LogP contribution in [0.25, 0.3) is 10.9 Å². The number of alkyl halides is 1. The molecule has 0 radical (unpaired) electrons. The maximum atomic E-state index is 9.55. The number of phenols is 1. The monoisotopic (exact) mass is 253 g/mol. The number of nitrogens with zero attached hydrogens (tertiary/aromatic N) is 1. The van der Waals surface area contributed by atoms with E-state index < -0.39 is 0 Å². The van der Waals surface area contributed by atoms with Gasteiger partial charge in [0.15, 0.2) is 11.5 Å². The molecule has 0 spiro atoms. The van der Waals surface area contributed by atoms with Crippen LogP contribution in [0.5, 0.6) is 11.5 Å². The zero-order valence-electron chi connectivity index (χ0n) is 7.27. The number of rotatable bonds is 2. The fourth-order valence-corrected chi connectivity index (χ4v) is 1.51. The fourth-order valence-electron chi connectivity index (χ4n) is 1.26. The smallest absolute Gasteiger partial charge is 0.162 e. The predicted molar refractivity (Wildman–Crippen MR) is 57.8 cm³/mol. The quantitative estimate of drug-likeness (QED) is 0.838. The molecule has 2 aromatic rings. The average molecular weight is 254 g/mol. The van der Waals surface area contributed by atoms with E-state index in [-0.39, 0.29) is 5.75 Å². The zero-order valence-corrected chi connectivity index (χ0v) is 8.86. The molecule has 0 amide bonds. The third kappa shape index (κ3) is 1.65. The molecule has 1 heterocycles. The fraction of sp³-hybridized carbons (Fsp3) is 0.100. The second-order valence-electron chi connectivity index (χ2n) is 2.77. The lowest BCUT2D eigenvalue weighted by Crippen LogP contribution is -1.89. The minimum Gasteiger partial charge on any atom is -0.504 e. The van der Waals surface area contributed by atoms with Crippen LogP contribution in [0, 0.1) is 0 Å². The molecule has 1 N–H and O–H groups in total. The number of aromatic nitrogens is 1. The van der Waals surface area contributed by atoms with Gasteiger partial charge in [-0.25, -0.2) is 0 Å². The van der Waals surface area contributed by atoms with Crippen LogP contribution in [0.4, 0.5) is 0 Å². The Kier molecular flexibility index (Phi) is 2.54. The van der Waals surface area contributed by atoms with E-state index in [0.29, 0.717) is 11.3 Å². The Hall–Kier alpha value is -1.29. The number of pyridine rings is 1. The van der Waals surface area contributed by atoms with Crippen molar-refractivity contribution < 1.29 is 9.84 Å². The summed E-state index contributed by atoms with van der Waals surface area (Å²) < 4.78 is 5.18. The van der Waals surface area contributed by atoms with Gasteiger partial charge in [0.2, 0.25) is 0 Å². The largest absolute Gasteiger partial charge is 0.504 e. The normalized spacial score (nSPS) is 10.4. The average Bonchev–Trinajstić information content (AvgIpc) is 2.19. The van der Waals surface area contributed by atoms with E-state index in [0.717, 1.165) is 10.9 Å². The summed E-state index contributed by atoms with van der Waals surface area (Å²) in [5.41, 5.74) is 1.11. The van der Waals surface area contributed by atoms with Crippen molar-refractivity contribution in [2.75, 3.05) is 5.52 Å². The first kappa shape index (κ1) is 9.27. The molecule has 0 unspecified atom stereocenters. The van der Waals surface area contributed by atoms with Gasteiger partial charge >= 0.3 is 0 Å². The molecule has 0 aliphatic rings. The van der Waals surface area contributed by atoms with Crippen LogP contribution < -0.4 is 4.74 Å². The second-order valence-corrected chi connectivity index (χ2v) is 3.23. The summed E-state index contributed by atoms with van der Waals surface area (Å²) in [6, 6.07) is 7.12.